The third-order valence-electron chi connectivity index (χ3n) is 5.93. The van der Waals surface area contributed by atoms with E-state index in [9.17, 15) is 10.5 Å². The van der Waals surface area contributed by atoms with Gasteiger partial charge in [-0.25, -0.2) is 9.97 Å². The van der Waals surface area contributed by atoms with Crippen molar-refractivity contribution in [2.24, 2.45) is 0 Å². The van der Waals surface area contributed by atoms with Gasteiger partial charge in [-0.15, -0.1) is 11.3 Å². The number of nitriles is 2. The van der Waals surface area contributed by atoms with Crippen LogP contribution < -0.4 is 15.5 Å². The number of anilines is 2. The molecule has 1 saturated heterocycles. The largest absolute Gasteiger partial charge is 0.369 e. The molecule has 0 radical (unpaired) electrons. The number of piperidine rings is 1. The molecule has 1 aliphatic heterocycles. The molecule has 0 aliphatic carbocycles. The average molecular weight is 538 g/mol. The molecular weight excluding hydrogens is 510 g/mol. The van der Waals surface area contributed by atoms with Gasteiger partial charge in [0.05, 0.1) is 11.4 Å². The summed E-state index contributed by atoms with van der Waals surface area (Å²) in [6.45, 7) is 3.24. The van der Waals surface area contributed by atoms with Gasteiger partial charge in [0.2, 0.25) is 0 Å². The van der Waals surface area contributed by atoms with E-state index in [1.165, 1.54) is 18.2 Å². The quantitative estimate of drug-likeness (QED) is 0.243. The fourth-order valence-corrected chi connectivity index (χ4v) is 6.07. The molecule has 10 heteroatoms. The third kappa shape index (κ3) is 6.29. The Hall–Kier alpha value is -2.82. The number of pyridine rings is 1. The zero-order chi connectivity index (χ0) is 25.3. The zero-order valence-corrected chi connectivity index (χ0v) is 22.6. The van der Waals surface area contributed by atoms with E-state index in [0.717, 1.165) is 55.2 Å². The Bertz CT molecular complexity index is 1260. The molecule has 3 heterocycles. The average Bonchev–Trinajstić information content (AvgIpc) is 3.39. The third-order valence-corrected chi connectivity index (χ3v) is 8.13. The lowest BCUT2D eigenvalue weighted by molar-refractivity contribution is 0.576. The molecule has 4 rings (SSSR count). The molecule has 186 valence electrons. The lowest BCUT2D eigenvalue weighted by atomic mass is 10.1. The Morgan fingerprint density at radius 2 is 1.81 bits per heavy atom. The molecule has 0 bridgehead atoms. The Kier molecular flexibility index (Phi) is 9.43. The molecule has 0 atom stereocenters. The molecular formula is C26H28ClN7S2. The molecule has 3 aromatic rings. The summed E-state index contributed by atoms with van der Waals surface area (Å²) in [6.07, 6.45) is 4.17. The van der Waals surface area contributed by atoms with E-state index in [-0.39, 0.29) is 0 Å². The van der Waals surface area contributed by atoms with Crippen molar-refractivity contribution in [3.8, 4) is 22.7 Å². The number of hydrogen-bond acceptors (Lipinski definition) is 9. The van der Waals surface area contributed by atoms with E-state index in [1.807, 2.05) is 36.7 Å². The van der Waals surface area contributed by atoms with Crippen LogP contribution in [0.4, 0.5) is 11.5 Å². The summed E-state index contributed by atoms with van der Waals surface area (Å²) >= 11 is 9.09. The highest BCUT2D eigenvalue weighted by molar-refractivity contribution is 7.98. The van der Waals surface area contributed by atoms with Crippen molar-refractivity contribution in [1.82, 2.24) is 15.3 Å². The maximum absolute atomic E-state index is 10.2. The Morgan fingerprint density at radius 3 is 2.50 bits per heavy atom. The van der Waals surface area contributed by atoms with E-state index in [4.69, 9.17) is 21.6 Å². The number of aromatic nitrogens is 2. The van der Waals surface area contributed by atoms with Crippen LogP contribution in [0.1, 0.15) is 42.5 Å². The first-order valence-electron chi connectivity index (χ1n) is 12.0. The van der Waals surface area contributed by atoms with Crippen LogP contribution in [-0.2, 0) is 5.75 Å². The molecule has 0 spiro atoms. The molecule has 1 aromatic carbocycles. The Labute approximate surface area is 225 Å². The number of nitrogens with one attached hydrogen (secondary N) is 2. The zero-order valence-electron chi connectivity index (χ0n) is 20.2. The summed E-state index contributed by atoms with van der Waals surface area (Å²) in [5, 5.41) is 31.0. The summed E-state index contributed by atoms with van der Waals surface area (Å²) in [6, 6.07) is 12.4. The predicted molar refractivity (Wildman–Crippen MR) is 149 cm³/mol. The lowest BCUT2D eigenvalue weighted by Gasteiger charge is -2.31. The highest BCUT2D eigenvalue weighted by atomic mass is 35.5. The minimum atomic E-state index is 0.459. The maximum atomic E-state index is 10.2. The van der Waals surface area contributed by atoms with Gasteiger partial charge in [0, 0.05) is 41.4 Å². The minimum Gasteiger partial charge on any atom is -0.369 e. The van der Waals surface area contributed by atoms with Gasteiger partial charge in [-0.2, -0.15) is 10.5 Å². The highest BCUT2D eigenvalue weighted by Gasteiger charge is 2.26. The van der Waals surface area contributed by atoms with Crippen molar-refractivity contribution in [1.29, 1.82) is 10.5 Å². The van der Waals surface area contributed by atoms with Gasteiger partial charge in [-0.1, -0.05) is 35.5 Å². The molecule has 1 aliphatic rings. The molecule has 7 nitrogen and oxygen atoms in total. The number of hydrogen-bond donors (Lipinski definition) is 2. The minimum absolute atomic E-state index is 0.459. The number of nitrogens with zero attached hydrogens (tertiary/aromatic N) is 5. The summed E-state index contributed by atoms with van der Waals surface area (Å²) in [5.41, 5.74) is 3.60. The summed E-state index contributed by atoms with van der Waals surface area (Å²) in [7, 11) is 1.92. The highest BCUT2D eigenvalue weighted by Crippen LogP contribution is 2.38. The molecule has 0 amide bonds. The molecule has 2 aromatic heterocycles. The van der Waals surface area contributed by atoms with Gasteiger partial charge in [0.1, 0.15) is 39.1 Å². The van der Waals surface area contributed by atoms with Crippen LogP contribution in [0.5, 0.6) is 0 Å². The fourth-order valence-electron chi connectivity index (χ4n) is 4.14. The van der Waals surface area contributed by atoms with E-state index >= 15 is 0 Å². The number of rotatable bonds is 10. The van der Waals surface area contributed by atoms with Crippen molar-refractivity contribution in [2.75, 3.05) is 43.4 Å². The number of thiazole rings is 1. The van der Waals surface area contributed by atoms with Crippen LogP contribution in [0.15, 0.2) is 34.7 Å². The van der Waals surface area contributed by atoms with Crippen molar-refractivity contribution >= 4 is 46.2 Å². The van der Waals surface area contributed by atoms with Crippen molar-refractivity contribution in [2.45, 2.75) is 36.5 Å². The van der Waals surface area contributed by atoms with Gasteiger partial charge in [-0.3, -0.25) is 0 Å². The smallest absolute Gasteiger partial charge is 0.147 e. The van der Waals surface area contributed by atoms with Crippen LogP contribution >= 0.6 is 34.7 Å². The summed E-state index contributed by atoms with van der Waals surface area (Å²) < 4.78 is 0. The van der Waals surface area contributed by atoms with Crippen LogP contribution in [-0.4, -0.2) is 43.2 Å². The lowest BCUT2D eigenvalue weighted by Crippen LogP contribution is -2.31. The number of halogens is 1. The number of thioether (sulfide) groups is 1. The predicted octanol–water partition coefficient (Wildman–Crippen LogP) is 5.91. The Morgan fingerprint density at radius 1 is 1.06 bits per heavy atom. The van der Waals surface area contributed by atoms with Gasteiger partial charge in [0.25, 0.3) is 0 Å². The Balaban J connectivity index is 1.63. The standard InChI is InChI=1S/C26H28ClN7S2/c1-30-10-5-11-31-24-21(14-28)23(34-12-3-2-4-13-34)22(15-29)26(33-24)36-17-20-16-35-25(32-20)18-6-8-19(27)9-7-18/h6-9,16,30H,2-5,10-13,17H2,1H3,(H,31,33). The van der Waals surface area contributed by atoms with Crippen LogP contribution in [0.3, 0.4) is 0 Å². The van der Waals surface area contributed by atoms with Crippen LogP contribution in [0.25, 0.3) is 10.6 Å². The van der Waals surface area contributed by atoms with E-state index < -0.39 is 0 Å². The van der Waals surface area contributed by atoms with E-state index in [0.29, 0.717) is 45.0 Å². The molecule has 36 heavy (non-hydrogen) atoms. The van der Waals surface area contributed by atoms with Crippen molar-refractivity contribution in [3.05, 3.63) is 51.5 Å². The first-order chi connectivity index (χ1) is 17.6. The molecule has 0 saturated carbocycles. The summed E-state index contributed by atoms with van der Waals surface area (Å²) in [4.78, 5) is 11.7. The topological polar surface area (TPSA) is 101 Å². The second kappa shape index (κ2) is 12.9. The van der Waals surface area contributed by atoms with Crippen LogP contribution in [0, 0.1) is 22.7 Å². The van der Waals surface area contributed by atoms with Crippen molar-refractivity contribution < 1.29 is 0 Å². The first kappa shape index (κ1) is 26.2. The monoisotopic (exact) mass is 537 g/mol. The second-order valence-corrected chi connectivity index (χ2v) is 10.7. The SMILES string of the molecule is CNCCCNc1nc(SCc2csc(-c3ccc(Cl)cc3)n2)c(C#N)c(N2CCCCC2)c1C#N. The fraction of sp³-hybridized carbons (Fsp3) is 0.385. The van der Waals surface area contributed by atoms with Gasteiger partial charge >= 0.3 is 0 Å². The second-order valence-electron chi connectivity index (χ2n) is 8.46. The van der Waals surface area contributed by atoms with E-state index in [2.05, 4.69) is 27.7 Å². The normalized spacial score (nSPS) is 13.3. The van der Waals surface area contributed by atoms with Crippen molar-refractivity contribution in [3.63, 3.8) is 0 Å². The number of benzene rings is 1. The van der Waals surface area contributed by atoms with Gasteiger partial charge in [-0.05, 0) is 51.4 Å². The van der Waals surface area contributed by atoms with Crippen LogP contribution in [0.2, 0.25) is 5.02 Å². The maximum Gasteiger partial charge on any atom is 0.147 e. The molecule has 1 fully saturated rings. The van der Waals surface area contributed by atoms with E-state index in [1.54, 1.807) is 11.3 Å². The summed E-state index contributed by atoms with van der Waals surface area (Å²) in [5.74, 6) is 1.13. The molecule has 0 unspecified atom stereocenters. The first-order valence-corrected chi connectivity index (χ1v) is 14.2. The van der Waals surface area contributed by atoms with Gasteiger partial charge in [0.15, 0.2) is 0 Å². The molecule has 2 N–H and O–H groups in total. The van der Waals surface area contributed by atoms with Gasteiger partial charge < -0.3 is 15.5 Å².